The molecule has 1 heterocycles. The molecule has 116 valence electrons. The van der Waals surface area contributed by atoms with Gasteiger partial charge in [-0.2, -0.15) is 0 Å². The third-order valence-corrected chi connectivity index (χ3v) is 4.90. The molecule has 0 radical (unpaired) electrons. The Morgan fingerprint density at radius 2 is 1.90 bits per heavy atom. The van der Waals surface area contributed by atoms with Gasteiger partial charge < -0.3 is 9.84 Å². The maximum Gasteiger partial charge on any atom is 0.0730 e. The smallest absolute Gasteiger partial charge is 0.0730 e. The Morgan fingerprint density at radius 1 is 1.10 bits per heavy atom. The highest BCUT2D eigenvalue weighted by molar-refractivity contribution is 5.14. The van der Waals surface area contributed by atoms with Crippen molar-refractivity contribution < 1.29 is 9.84 Å². The zero-order chi connectivity index (χ0) is 14.5. The van der Waals surface area contributed by atoms with Gasteiger partial charge in [-0.3, -0.25) is 4.90 Å². The van der Waals surface area contributed by atoms with E-state index < -0.39 is 0 Å². The standard InChI is InChI=1S/C18H27NO2/c20-16-10-12-19(14-16)17-8-4-5-9-18(17)21-13-11-15-6-2-1-3-7-15/h1-3,6-7,16-18,20H,4-5,8-14H2/t16-,17?,18-/m1/s1. The average Bonchev–Trinajstić information content (AvgIpc) is 2.95. The van der Waals surface area contributed by atoms with E-state index in [2.05, 4.69) is 35.2 Å². The summed E-state index contributed by atoms with van der Waals surface area (Å²) >= 11 is 0. The van der Waals surface area contributed by atoms with Crippen molar-refractivity contribution in [2.75, 3.05) is 19.7 Å². The van der Waals surface area contributed by atoms with Gasteiger partial charge in [0.15, 0.2) is 0 Å². The summed E-state index contributed by atoms with van der Waals surface area (Å²) in [6, 6.07) is 11.1. The molecule has 1 saturated heterocycles. The average molecular weight is 289 g/mol. The molecule has 1 N–H and O–H groups in total. The van der Waals surface area contributed by atoms with E-state index in [-0.39, 0.29) is 6.10 Å². The van der Waals surface area contributed by atoms with Crippen molar-refractivity contribution in [1.82, 2.24) is 4.90 Å². The van der Waals surface area contributed by atoms with Crippen molar-refractivity contribution in [3.63, 3.8) is 0 Å². The van der Waals surface area contributed by atoms with Crippen molar-refractivity contribution in [2.24, 2.45) is 0 Å². The van der Waals surface area contributed by atoms with Gasteiger partial charge in [0.05, 0.1) is 18.8 Å². The third kappa shape index (κ3) is 4.06. The van der Waals surface area contributed by atoms with E-state index in [4.69, 9.17) is 4.74 Å². The van der Waals surface area contributed by atoms with Crippen LogP contribution in [-0.4, -0.2) is 48.0 Å². The highest BCUT2D eigenvalue weighted by atomic mass is 16.5. The molecule has 2 fully saturated rings. The molecule has 2 aliphatic rings. The number of β-amino-alcohol motifs (C(OH)–C–C–N with tert-alkyl or cyclic N) is 1. The molecule has 1 unspecified atom stereocenters. The van der Waals surface area contributed by atoms with E-state index in [9.17, 15) is 5.11 Å². The summed E-state index contributed by atoms with van der Waals surface area (Å²) in [6.07, 6.45) is 7.12. The van der Waals surface area contributed by atoms with Crippen LogP contribution in [0.1, 0.15) is 37.7 Å². The largest absolute Gasteiger partial charge is 0.392 e. The van der Waals surface area contributed by atoms with Crippen molar-refractivity contribution in [3.8, 4) is 0 Å². The maximum absolute atomic E-state index is 9.76. The molecular formula is C18H27NO2. The molecule has 0 bridgehead atoms. The highest BCUT2D eigenvalue weighted by Gasteiger charge is 2.34. The molecule has 1 aliphatic carbocycles. The Kier molecular flexibility index (Phi) is 5.28. The van der Waals surface area contributed by atoms with Crippen LogP contribution in [0, 0.1) is 0 Å². The number of rotatable bonds is 5. The van der Waals surface area contributed by atoms with E-state index in [1.807, 2.05) is 0 Å². The lowest BCUT2D eigenvalue weighted by Crippen LogP contribution is -2.46. The number of benzene rings is 1. The fourth-order valence-corrected chi connectivity index (χ4v) is 3.73. The first-order valence-corrected chi connectivity index (χ1v) is 8.40. The second-order valence-corrected chi connectivity index (χ2v) is 6.43. The molecule has 0 spiro atoms. The summed E-state index contributed by atoms with van der Waals surface area (Å²) in [6.45, 7) is 2.68. The Morgan fingerprint density at radius 3 is 2.67 bits per heavy atom. The lowest BCUT2D eigenvalue weighted by atomic mass is 9.91. The summed E-state index contributed by atoms with van der Waals surface area (Å²) in [5.74, 6) is 0. The molecule has 3 heteroatoms. The first-order chi connectivity index (χ1) is 10.3. The van der Waals surface area contributed by atoms with Gasteiger partial charge in [-0.1, -0.05) is 43.2 Å². The quantitative estimate of drug-likeness (QED) is 0.904. The summed E-state index contributed by atoms with van der Waals surface area (Å²) in [7, 11) is 0. The van der Waals surface area contributed by atoms with E-state index in [1.54, 1.807) is 0 Å². The third-order valence-electron chi connectivity index (χ3n) is 4.90. The van der Waals surface area contributed by atoms with E-state index >= 15 is 0 Å². The number of aliphatic hydroxyl groups is 1. The van der Waals surface area contributed by atoms with Crippen LogP contribution in [0.15, 0.2) is 30.3 Å². The first kappa shape index (κ1) is 15.0. The van der Waals surface area contributed by atoms with Crippen molar-refractivity contribution in [1.29, 1.82) is 0 Å². The summed E-state index contributed by atoms with van der Waals surface area (Å²) < 4.78 is 6.22. The van der Waals surface area contributed by atoms with Gasteiger partial charge in [-0.15, -0.1) is 0 Å². The van der Waals surface area contributed by atoms with Crippen LogP contribution in [0.4, 0.5) is 0 Å². The fourth-order valence-electron chi connectivity index (χ4n) is 3.73. The highest BCUT2D eigenvalue weighted by Crippen LogP contribution is 2.28. The van der Waals surface area contributed by atoms with E-state index in [0.717, 1.165) is 32.5 Å². The Hall–Kier alpha value is -0.900. The van der Waals surface area contributed by atoms with Crippen LogP contribution in [-0.2, 0) is 11.2 Å². The van der Waals surface area contributed by atoms with Crippen LogP contribution < -0.4 is 0 Å². The minimum atomic E-state index is -0.128. The van der Waals surface area contributed by atoms with Crippen LogP contribution in [0.2, 0.25) is 0 Å². The number of ether oxygens (including phenoxy) is 1. The van der Waals surface area contributed by atoms with E-state index in [0.29, 0.717) is 12.1 Å². The molecule has 1 aromatic rings. The zero-order valence-electron chi connectivity index (χ0n) is 12.8. The van der Waals surface area contributed by atoms with Gasteiger partial charge in [-0.05, 0) is 31.2 Å². The molecule has 21 heavy (non-hydrogen) atoms. The molecule has 1 saturated carbocycles. The topological polar surface area (TPSA) is 32.7 Å². The van der Waals surface area contributed by atoms with Crippen LogP contribution in [0.5, 0.6) is 0 Å². The maximum atomic E-state index is 9.76. The minimum absolute atomic E-state index is 0.128. The monoisotopic (exact) mass is 289 g/mol. The number of aliphatic hydroxyl groups excluding tert-OH is 1. The number of hydrogen-bond acceptors (Lipinski definition) is 3. The van der Waals surface area contributed by atoms with Crippen LogP contribution in [0.3, 0.4) is 0 Å². The molecule has 0 aromatic heterocycles. The zero-order valence-corrected chi connectivity index (χ0v) is 12.8. The molecule has 0 amide bonds. The predicted molar refractivity (Wildman–Crippen MR) is 84.3 cm³/mol. The molecule has 1 aliphatic heterocycles. The molecule has 3 atom stereocenters. The second-order valence-electron chi connectivity index (χ2n) is 6.43. The number of nitrogens with zero attached hydrogens (tertiary/aromatic N) is 1. The summed E-state index contributed by atoms with van der Waals surface area (Å²) in [5.41, 5.74) is 1.35. The van der Waals surface area contributed by atoms with Crippen molar-refractivity contribution in [2.45, 2.75) is 56.8 Å². The van der Waals surface area contributed by atoms with Crippen LogP contribution in [0.25, 0.3) is 0 Å². The van der Waals surface area contributed by atoms with Crippen molar-refractivity contribution >= 4 is 0 Å². The Bertz CT molecular complexity index is 422. The van der Waals surface area contributed by atoms with Gasteiger partial charge in [0.1, 0.15) is 0 Å². The predicted octanol–water partition coefficient (Wildman–Crippen LogP) is 2.62. The molecular weight excluding hydrogens is 262 g/mol. The van der Waals surface area contributed by atoms with Crippen molar-refractivity contribution in [3.05, 3.63) is 35.9 Å². The molecule has 3 nitrogen and oxygen atoms in total. The SMILES string of the molecule is O[C@@H]1CCN(C2CCCC[C@H]2OCCc2ccccc2)C1. The summed E-state index contributed by atoms with van der Waals surface area (Å²) in [5, 5.41) is 9.76. The van der Waals surface area contributed by atoms with Gasteiger partial charge in [0.2, 0.25) is 0 Å². The van der Waals surface area contributed by atoms with Gasteiger partial charge >= 0.3 is 0 Å². The number of likely N-dealkylation sites (tertiary alicyclic amines) is 1. The van der Waals surface area contributed by atoms with Crippen LogP contribution >= 0.6 is 0 Å². The lowest BCUT2D eigenvalue weighted by Gasteiger charge is -2.37. The lowest BCUT2D eigenvalue weighted by molar-refractivity contribution is -0.0316. The molecule has 1 aromatic carbocycles. The number of hydrogen-bond donors (Lipinski definition) is 1. The Balaban J connectivity index is 1.50. The first-order valence-electron chi connectivity index (χ1n) is 8.40. The van der Waals surface area contributed by atoms with E-state index in [1.165, 1.54) is 31.2 Å². The fraction of sp³-hybridized carbons (Fsp3) is 0.667. The van der Waals surface area contributed by atoms with Gasteiger partial charge in [-0.25, -0.2) is 0 Å². The molecule has 3 rings (SSSR count). The second kappa shape index (κ2) is 7.39. The Labute approximate surface area is 127 Å². The van der Waals surface area contributed by atoms with Gasteiger partial charge in [0, 0.05) is 19.1 Å². The summed E-state index contributed by atoms with van der Waals surface area (Å²) in [4.78, 5) is 2.46. The minimum Gasteiger partial charge on any atom is -0.392 e. The van der Waals surface area contributed by atoms with Gasteiger partial charge in [0.25, 0.3) is 0 Å². The normalized spacial score (nSPS) is 30.6.